The fraction of sp³-hybridized carbons (Fsp3) is 0.250. The number of amides is 1. The number of nitrogens with one attached hydrogen (secondary N) is 2. The average molecular weight is 287 g/mol. The van der Waals surface area contributed by atoms with E-state index in [4.69, 9.17) is 0 Å². The summed E-state index contributed by atoms with van der Waals surface area (Å²) in [5, 5.41) is 5.76. The zero-order valence-corrected chi connectivity index (χ0v) is 12.3. The first kappa shape index (κ1) is 15.0. The van der Waals surface area contributed by atoms with E-state index in [1.54, 1.807) is 38.2 Å². The molecule has 1 atom stereocenters. The summed E-state index contributed by atoms with van der Waals surface area (Å²) in [6.45, 7) is 3.60. The van der Waals surface area contributed by atoms with Crippen molar-refractivity contribution in [2.45, 2.75) is 19.9 Å². The van der Waals surface area contributed by atoms with Crippen molar-refractivity contribution in [1.29, 1.82) is 0 Å². The maximum absolute atomic E-state index is 13.7. The van der Waals surface area contributed by atoms with Gasteiger partial charge in [-0.1, -0.05) is 18.2 Å². The van der Waals surface area contributed by atoms with Crippen LogP contribution in [0.2, 0.25) is 0 Å². The Bertz CT molecular complexity index is 658. The molecule has 0 saturated carbocycles. The normalized spacial score (nSPS) is 11.8. The summed E-state index contributed by atoms with van der Waals surface area (Å²) in [6, 6.07) is 7.77. The Morgan fingerprint density at radius 2 is 2.05 bits per heavy atom. The smallest absolute Gasteiger partial charge is 0.255 e. The molecule has 1 heterocycles. The molecule has 2 aromatic rings. The van der Waals surface area contributed by atoms with Crippen LogP contribution in [-0.4, -0.2) is 17.9 Å². The molecule has 1 aromatic carbocycles. The van der Waals surface area contributed by atoms with Crippen LogP contribution in [-0.2, 0) is 0 Å². The Balaban J connectivity index is 2.20. The summed E-state index contributed by atoms with van der Waals surface area (Å²) in [4.78, 5) is 16.4. The Labute approximate surface area is 123 Å². The first-order valence-corrected chi connectivity index (χ1v) is 6.72. The Morgan fingerprint density at radius 3 is 2.71 bits per heavy atom. The molecular formula is C16H18FN3O. The quantitative estimate of drug-likeness (QED) is 0.908. The van der Waals surface area contributed by atoms with Crippen LogP contribution in [0.25, 0.3) is 0 Å². The fourth-order valence-corrected chi connectivity index (χ4v) is 2.13. The van der Waals surface area contributed by atoms with E-state index < -0.39 is 6.04 Å². The number of carbonyl (C=O) groups excluding carboxylic acids is 1. The van der Waals surface area contributed by atoms with Crippen molar-refractivity contribution < 1.29 is 9.18 Å². The van der Waals surface area contributed by atoms with E-state index >= 15 is 0 Å². The lowest BCUT2D eigenvalue weighted by Gasteiger charge is -2.16. The summed E-state index contributed by atoms with van der Waals surface area (Å²) < 4.78 is 13.7. The van der Waals surface area contributed by atoms with Crippen molar-refractivity contribution in [2.75, 3.05) is 12.4 Å². The molecule has 0 aliphatic rings. The molecule has 0 radical (unpaired) electrons. The first-order chi connectivity index (χ1) is 10.0. The van der Waals surface area contributed by atoms with Crippen LogP contribution >= 0.6 is 0 Å². The maximum Gasteiger partial charge on any atom is 0.255 e. The number of nitrogens with zero attached hydrogens (tertiary/aromatic N) is 1. The number of hydrogen-bond acceptors (Lipinski definition) is 3. The Kier molecular flexibility index (Phi) is 4.52. The number of pyridine rings is 1. The molecular weight excluding hydrogens is 269 g/mol. The molecule has 0 bridgehead atoms. The maximum atomic E-state index is 13.7. The highest BCUT2D eigenvalue weighted by Gasteiger charge is 2.17. The molecule has 21 heavy (non-hydrogen) atoms. The van der Waals surface area contributed by atoms with Gasteiger partial charge in [0, 0.05) is 24.5 Å². The van der Waals surface area contributed by atoms with Crippen LogP contribution in [0.1, 0.15) is 34.6 Å². The van der Waals surface area contributed by atoms with Gasteiger partial charge in [0.1, 0.15) is 5.82 Å². The predicted molar refractivity (Wildman–Crippen MR) is 80.8 cm³/mol. The van der Waals surface area contributed by atoms with Crippen LogP contribution in [0.4, 0.5) is 10.1 Å². The van der Waals surface area contributed by atoms with Crippen LogP contribution in [0.15, 0.2) is 36.5 Å². The number of aryl methyl sites for hydroxylation is 1. The van der Waals surface area contributed by atoms with E-state index in [0.29, 0.717) is 16.8 Å². The minimum atomic E-state index is -0.426. The second-order valence-electron chi connectivity index (χ2n) is 4.84. The number of hydrogen-bond donors (Lipinski definition) is 2. The summed E-state index contributed by atoms with van der Waals surface area (Å²) in [5.41, 5.74) is 2.40. The molecule has 0 spiro atoms. The third-order valence-electron chi connectivity index (χ3n) is 3.27. The summed E-state index contributed by atoms with van der Waals surface area (Å²) in [6.07, 6.45) is 1.52. The second kappa shape index (κ2) is 6.35. The van der Waals surface area contributed by atoms with Crippen LogP contribution in [0, 0.1) is 12.7 Å². The highest BCUT2D eigenvalue weighted by Crippen LogP contribution is 2.19. The predicted octanol–water partition coefficient (Wildman–Crippen LogP) is 3.06. The molecule has 5 heteroatoms. The van der Waals surface area contributed by atoms with Crippen molar-refractivity contribution in [3.05, 3.63) is 59.2 Å². The van der Waals surface area contributed by atoms with Crippen LogP contribution in [0.5, 0.6) is 0 Å². The van der Waals surface area contributed by atoms with E-state index in [9.17, 15) is 9.18 Å². The lowest BCUT2D eigenvalue weighted by atomic mass is 10.1. The molecule has 2 rings (SSSR count). The lowest BCUT2D eigenvalue weighted by Crippen LogP contribution is -2.28. The number of benzene rings is 1. The van der Waals surface area contributed by atoms with Crippen LogP contribution in [0.3, 0.4) is 0 Å². The third-order valence-corrected chi connectivity index (χ3v) is 3.27. The first-order valence-electron chi connectivity index (χ1n) is 6.72. The highest BCUT2D eigenvalue weighted by molar-refractivity contribution is 5.99. The van der Waals surface area contributed by atoms with Gasteiger partial charge in [-0.25, -0.2) is 4.39 Å². The monoisotopic (exact) mass is 287 g/mol. The number of anilines is 1. The molecule has 1 aromatic heterocycles. The molecule has 1 unspecified atom stereocenters. The van der Waals surface area contributed by atoms with E-state index in [-0.39, 0.29) is 11.7 Å². The minimum absolute atomic E-state index is 0.289. The van der Waals surface area contributed by atoms with Crippen LogP contribution < -0.4 is 10.6 Å². The summed E-state index contributed by atoms with van der Waals surface area (Å²) in [7, 11) is 1.74. The molecule has 0 aliphatic heterocycles. The van der Waals surface area contributed by atoms with Crippen molar-refractivity contribution in [3.63, 3.8) is 0 Å². The standard InChI is InChI=1S/C16H18FN3O/c1-10-8-15(18-3)13(9-19-10)16(21)20-11(2)12-6-4-5-7-14(12)17/h4-9,11H,1-3H3,(H,18,19)(H,20,21). The average Bonchev–Trinajstić information content (AvgIpc) is 2.47. The largest absolute Gasteiger partial charge is 0.387 e. The van der Waals surface area contributed by atoms with Crippen molar-refractivity contribution >= 4 is 11.6 Å². The topological polar surface area (TPSA) is 54.0 Å². The minimum Gasteiger partial charge on any atom is -0.387 e. The molecule has 110 valence electrons. The molecule has 1 amide bonds. The number of halogens is 1. The van der Waals surface area contributed by atoms with Crippen molar-refractivity contribution in [2.24, 2.45) is 0 Å². The van der Waals surface area contributed by atoms with Gasteiger partial charge < -0.3 is 10.6 Å². The third kappa shape index (κ3) is 3.37. The van der Waals surface area contributed by atoms with E-state index in [1.165, 1.54) is 12.3 Å². The van der Waals surface area contributed by atoms with Gasteiger partial charge in [-0.15, -0.1) is 0 Å². The lowest BCUT2D eigenvalue weighted by molar-refractivity contribution is 0.0940. The number of rotatable bonds is 4. The highest BCUT2D eigenvalue weighted by atomic mass is 19.1. The van der Waals surface area contributed by atoms with Gasteiger partial charge in [0.25, 0.3) is 5.91 Å². The molecule has 4 nitrogen and oxygen atoms in total. The van der Waals surface area contributed by atoms with E-state index in [0.717, 1.165) is 5.69 Å². The van der Waals surface area contributed by atoms with Gasteiger partial charge in [-0.3, -0.25) is 9.78 Å². The SMILES string of the molecule is CNc1cc(C)ncc1C(=O)NC(C)c1ccccc1F. The van der Waals surface area contributed by atoms with Gasteiger partial charge in [0.2, 0.25) is 0 Å². The fourth-order valence-electron chi connectivity index (χ4n) is 2.13. The summed E-state index contributed by atoms with van der Waals surface area (Å²) >= 11 is 0. The van der Waals surface area contributed by atoms with Gasteiger partial charge in [0.15, 0.2) is 0 Å². The zero-order valence-electron chi connectivity index (χ0n) is 12.3. The van der Waals surface area contributed by atoms with Gasteiger partial charge in [-0.2, -0.15) is 0 Å². The van der Waals surface area contributed by atoms with E-state index in [2.05, 4.69) is 15.6 Å². The molecule has 0 saturated heterocycles. The Hall–Kier alpha value is -2.43. The van der Waals surface area contributed by atoms with E-state index in [1.807, 2.05) is 6.92 Å². The summed E-state index contributed by atoms with van der Waals surface area (Å²) in [5.74, 6) is -0.622. The van der Waals surface area contributed by atoms with Gasteiger partial charge in [-0.05, 0) is 26.0 Å². The van der Waals surface area contributed by atoms with Crippen molar-refractivity contribution in [3.8, 4) is 0 Å². The molecule has 2 N–H and O–H groups in total. The van der Waals surface area contributed by atoms with Crippen molar-refractivity contribution in [1.82, 2.24) is 10.3 Å². The molecule has 0 aliphatic carbocycles. The molecule has 0 fully saturated rings. The van der Waals surface area contributed by atoms with Gasteiger partial charge >= 0.3 is 0 Å². The zero-order chi connectivity index (χ0) is 15.4. The Morgan fingerprint density at radius 1 is 1.33 bits per heavy atom. The number of aromatic nitrogens is 1. The second-order valence-corrected chi connectivity index (χ2v) is 4.84. The van der Waals surface area contributed by atoms with Gasteiger partial charge in [0.05, 0.1) is 17.3 Å². The number of carbonyl (C=O) groups is 1.